The molecule has 0 saturated carbocycles. The van der Waals surface area contributed by atoms with E-state index >= 15 is 0 Å². The first kappa shape index (κ1) is 14.2. The summed E-state index contributed by atoms with van der Waals surface area (Å²) in [5, 5.41) is 9.30. The van der Waals surface area contributed by atoms with E-state index in [1.54, 1.807) is 24.3 Å². The molecule has 106 valence electrons. The standard InChI is InChI=1S/C14H15NO5/c1-20-11-8-12(16)15(13(11)17)10(14(18)19)7-9-5-3-2-4-6-9/h2-6,10-11H,7-8H2,1H3,(H,18,19)/t10-,11?/m0/s1. The lowest BCUT2D eigenvalue weighted by molar-refractivity contribution is -0.155. The molecular weight excluding hydrogens is 262 g/mol. The number of ether oxygens (including phenoxy) is 1. The Kier molecular flexibility index (Phi) is 4.14. The second kappa shape index (κ2) is 5.83. The normalized spacial score (nSPS) is 20.2. The lowest BCUT2D eigenvalue weighted by atomic mass is 10.0. The smallest absolute Gasteiger partial charge is 0.327 e. The molecule has 1 heterocycles. The van der Waals surface area contributed by atoms with Crippen LogP contribution in [0.4, 0.5) is 0 Å². The Morgan fingerprint density at radius 1 is 1.40 bits per heavy atom. The van der Waals surface area contributed by atoms with Crippen molar-refractivity contribution in [3.05, 3.63) is 35.9 Å². The molecular formula is C14H15NO5. The van der Waals surface area contributed by atoms with Crippen LogP contribution < -0.4 is 0 Å². The highest BCUT2D eigenvalue weighted by Crippen LogP contribution is 2.21. The lowest BCUT2D eigenvalue weighted by Gasteiger charge is -2.22. The van der Waals surface area contributed by atoms with Crippen molar-refractivity contribution in [1.29, 1.82) is 0 Å². The number of amides is 2. The molecule has 1 aromatic carbocycles. The highest BCUT2D eigenvalue weighted by Gasteiger charge is 2.45. The van der Waals surface area contributed by atoms with E-state index in [1.807, 2.05) is 6.07 Å². The van der Waals surface area contributed by atoms with Gasteiger partial charge in [-0.15, -0.1) is 0 Å². The molecule has 1 aliphatic rings. The van der Waals surface area contributed by atoms with Crippen molar-refractivity contribution in [1.82, 2.24) is 4.90 Å². The zero-order valence-corrected chi connectivity index (χ0v) is 11.0. The van der Waals surface area contributed by atoms with Crippen LogP contribution in [0.5, 0.6) is 0 Å². The molecule has 0 spiro atoms. The van der Waals surface area contributed by atoms with Gasteiger partial charge in [-0.2, -0.15) is 0 Å². The monoisotopic (exact) mass is 277 g/mol. The Morgan fingerprint density at radius 3 is 2.55 bits per heavy atom. The minimum Gasteiger partial charge on any atom is -0.480 e. The summed E-state index contributed by atoms with van der Waals surface area (Å²) in [7, 11) is 1.33. The number of carboxylic acid groups (broad SMARTS) is 1. The topological polar surface area (TPSA) is 83.9 Å². The first-order valence-electron chi connectivity index (χ1n) is 6.20. The molecule has 2 amide bonds. The van der Waals surface area contributed by atoms with Crippen molar-refractivity contribution in [3.8, 4) is 0 Å². The average Bonchev–Trinajstić information content (AvgIpc) is 2.72. The number of carbonyl (C=O) groups is 3. The van der Waals surface area contributed by atoms with Gasteiger partial charge in [-0.25, -0.2) is 4.79 Å². The van der Waals surface area contributed by atoms with Crippen molar-refractivity contribution in [2.24, 2.45) is 0 Å². The highest BCUT2D eigenvalue weighted by molar-refractivity contribution is 6.07. The van der Waals surface area contributed by atoms with Crippen molar-refractivity contribution in [2.75, 3.05) is 7.11 Å². The van der Waals surface area contributed by atoms with Gasteiger partial charge in [-0.1, -0.05) is 30.3 Å². The van der Waals surface area contributed by atoms with Crippen LogP contribution >= 0.6 is 0 Å². The second-order valence-corrected chi connectivity index (χ2v) is 4.57. The molecule has 0 aliphatic carbocycles. The first-order chi connectivity index (χ1) is 9.54. The summed E-state index contributed by atoms with van der Waals surface area (Å²) in [5.41, 5.74) is 0.751. The summed E-state index contributed by atoms with van der Waals surface area (Å²) in [6.07, 6.45) is -0.891. The van der Waals surface area contributed by atoms with Gasteiger partial charge in [0.05, 0.1) is 6.42 Å². The number of aliphatic carboxylic acids is 1. The fourth-order valence-electron chi connectivity index (χ4n) is 2.26. The van der Waals surface area contributed by atoms with Crippen molar-refractivity contribution in [3.63, 3.8) is 0 Å². The first-order valence-corrected chi connectivity index (χ1v) is 6.20. The van der Waals surface area contributed by atoms with Gasteiger partial charge >= 0.3 is 5.97 Å². The number of carboxylic acids is 1. The molecule has 1 unspecified atom stereocenters. The molecule has 1 saturated heterocycles. The van der Waals surface area contributed by atoms with Gasteiger partial charge in [0.1, 0.15) is 12.1 Å². The van der Waals surface area contributed by atoms with Crippen LogP contribution in [0.1, 0.15) is 12.0 Å². The molecule has 6 nitrogen and oxygen atoms in total. The Bertz CT molecular complexity index is 528. The lowest BCUT2D eigenvalue weighted by Crippen LogP contribution is -2.47. The average molecular weight is 277 g/mol. The molecule has 6 heteroatoms. The Morgan fingerprint density at radius 2 is 2.05 bits per heavy atom. The van der Waals surface area contributed by atoms with E-state index in [4.69, 9.17) is 4.74 Å². The maximum absolute atomic E-state index is 12.0. The highest BCUT2D eigenvalue weighted by atomic mass is 16.5. The molecule has 2 rings (SSSR count). The van der Waals surface area contributed by atoms with Gasteiger partial charge in [0.2, 0.25) is 5.91 Å². The number of likely N-dealkylation sites (tertiary alicyclic amines) is 1. The third-order valence-corrected chi connectivity index (χ3v) is 3.29. The van der Waals surface area contributed by atoms with E-state index in [1.165, 1.54) is 7.11 Å². The predicted molar refractivity (Wildman–Crippen MR) is 68.8 cm³/mol. The van der Waals surface area contributed by atoms with Crippen molar-refractivity contribution < 1.29 is 24.2 Å². The molecule has 2 atom stereocenters. The minimum atomic E-state index is -1.20. The Labute approximate surface area is 115 Å². The van der Waals surface area contributed by atoms with Crippen molar-refractivity contribution >= 4 is 17.8 Å². The molecule has 1 aliphatic heterocycles. The number of hydrogen-bond donors (Lipinski definition) is 1. The van der Waals surface area contributed by atoms with Crippen LogP contribution in [-0.4, -0.2) is 47.0 Å². The van der Waals surface area contributed by atoms with E-state index in [9.17, 15) is 19.5 Å². The third kappa shape index (κ3) is 2.70. The SMILES string of the molecule is COC1CC(=O)N([C@@H](Cc2ccccc2)C(=O)O)C1=O. The number of carbonyl (C=O) groups excluding carboxylic acids is 2. The molecule has 20 heavy (non-hydrogen) atoms. The van der Waals surface area contributed by atoms with E-state index in [0.717, 1.165) is 10.5 Å². The Hall–Kier alpha value is -2.21. The van der Waals surface area contributed by atoms with E-state index in [0.29, 0.717) is 0 Å². The summed E-state index contributed by atoms with van der Waals surface area (Å²) >= 11 is 0. The van der Waals surface area contributed by atoms with Gasteiger partial charge in [0, 0.05) is 13.5 Å². The Balaban J connectivity index is 2.23. The number of rotatable bonds is 5. The van der Waals surface area contributed by atoms with Crippen LogP contribution in [0.3, 0.4) is 0 Å². The fourth-order valence-corrected chi connectivity index (χ4v) is 2.26. The van der Waals surface area contributed by atoms with Crippen LogP contribution in [0.15, 0.2) is 30.3 Å². The van der Waals surface area contributed by atoms with E-state index < -0.39 is 29.9 Å². The number of imide groups is 1. The molecule has 1 N–H and O–H groups in total. The molecule has 1 fully saturated rings. The summed E-state index contributed by atoms with van der Waals surface area (Å²) in [5.74, 6) is -2.29. The quantitative estimate of drug-likeness (QED) is 0.790. The number of methoxy groups -OCH3 is 1. The van der Waals surface area contributed by atoms with Gasteiger partial charge in [-0.3, -0.25) is 14.5 Å². The number of hydrogen-bond acceptors (Lipinski definition) is 4. The predicted octanol–water partition coefficient (Wildman–Crippen LogP) is 0.456. The zero-order valence-electron chi connectivity index (χ0n) is 11.0. The summed E-state index contributed by atoms with van der Waals surface area (Å²) in [4.78, 5) is 36.1. The second-order valence-electron chi connectivity index (χ2n) is 4.57. The van der Waals surface area contributed by atoms with Crippen LogP contribution in [0.25, 0.3) is 0 Å². The van der Waals surface area contributed by atoms with Gasteiger partial charge in [-0.05, 0) is 5.56 Å². The largest absolute Gasteiger partial charge is 0.480 e. The van der Waals surface area contributed by atoms with Crippen LogP contribution in [0.2, 0.25) is 0 Å². The molecule has 0 radical (unpaired) electrons. The summed E-state index contributed by atoms with van der Waals surface area (Å²) < 4.78 is 4.90. The minimum absolute atomic E-state index is 0.0874. The maximum atomic E-state index is 12.0. The van der Waals surface area contributed by atoms with E-state index in [2.05, 4.69) is 0 Å². The van der Waals surface area contributed by atoms with Crippen LogP contribution in [-0.2, 0) is 25.5 Å². The van der Waals surface area contributed by atoms with Crippen molar-refractivity contribution in [2.45, 2.75) is 25.0 Å². The number of benzene rings is 1. The van der Waals surface area contributed by atoms with Crippen LogP contribution in [0, 0.1) is 0 Å². The molecule has 0 aromatic heterocycles. The fraction of sp³-hybridized carbons (Fsp3) is 0.357. The summed E-state index contributed by atoms with van der Waals surface area (Å²) in [6, 6.07) is 7.69. The maximum Gasteiger partial charge on any atom is 0.327 e. The molecule has 0 bridgehead atoms. The van der Waals surface area contributed by atoms with E-state index in [-0.39, 0.29) is 12.8 Å². The number of nitrogens with zero attached hydrogens (tertiary/aromatic N) is 1. The third-order valence-electron chi connectivity index (χ3n) is 3.29. The molecule has 1 aromatic rings. The van der Waals surface area contributed by atoms with Gasteiger partial charge in [0.15, 0.2) is 0 Å². The van der Waals surface area contributed by atoms with Gasteiger partial charge < -0.3 is 9.84 Å². The zero-order chi connectivity index (χ0) is 14.7. The summed E-state index contributed by atoms with van der Waals surface area (Å²) in [6.45, 7) is 0. The van der Waals surface area contributed by atoms with Gasteiger partial charge in [0.25, 0.3) is 5.91 Å².